The van der Waals surface area contributed by atoms with Crippen LogP contribution in [0.5, 0.6) is 0 Å². The Balaban J connectivity index is 2.27. The van der Waals surface area contributed by atoms with Crippen molar-refractivity contribution in [1.29, 1.82) is 0 Å². The molecule has 1 fully saturated rings. The molecular weight excluding hydrogens is 234 g/mol. The molecule has 2 amide bonds. The Kier molecular flexibility index (Phi) is 6.49. The number of carboxylic acid groups (broad SMARTS) is 1. The molecule has 0 aliphatic heterocycles. The van der Waals surface area contributed by atoms with Gasteiger partial charge in [0.15, 0.2) is 0 Å². The van der Waals surface area contributed by atoms with Gasteiger partial charge in [0.1, 0.15) is 0 Å². The topological polar surface area (TPSA) is 104 Å². The van der Waals surface area contributed by atoms with E-state index in [0.29, 0.717) is 19.6 Å². The maximum Gasteiger partial charge on any atom is 0.314 e. The van der Waals surface area contributed by atoms with Gasteiger partial charge in [-0.15, -0.1) is 0 Å². The predicted octanol–water partition coefficient (Wildman–Crippen LogP) is 0.525. The van der Waals surface area contributed by atoms with Crippen LogP contribution in [0, 0.1) is 11.8 Å². The number of carboxylic acids is 1. The minimum Gasteiger partial charge on any atom is -0.481 e. The molecule has 5 N–H and O–H groups in total. The third-order valence-electron chi connectivity index (χ3n) is 3.42. The summed E-state index contributed by atoms with van der Waals surface area (Å²) in [6.07, 6.45) is 4.35. The summed E-state index contributed by atoms with van der Waals surface area (Å²) in [5.74, 6) is -1.01. The van der Waals surface area contributed by atoms with E-state index in [-0.39, 0.29) is 17.9 Å². The van der Waals surface area contributed by atoms with E-state index in [9.17, 15) is 9.59 Å². The molecule has 0 aromatic heterocycles. The minimum atomic E-state index is -0.745. The van der Waals surface area contributed by atoms with Crippen LogP contribution >= 0.6 is 0 Å². The van der Waals surface area contributed by atoms with Gasteiger partial charge >= 0.3 is 12.0 Å². The van der Waals surface area contributed by atoms with Crippen molar-refractivity contribution >= 4 is 12.0 Å². The lowest BCUT2D eigenvalue weighted by Crippen LogP contribution is -2.42. The second-order valence-electron chi connectivity index (χ2n) is 4.77. The monoisotopic (exact) mass is 257 g/mol. The van der Waals surface area contributed by atoms with Crippen molar-refractivity contribution in [3.8, 4) is 0 Å². The van der Waals surface area contributed by atoms with Crippen molar-refractivity contribution in [2.75, 3.05) is 19.6 Å². The van der Waals surface area contributed by atoms with Gasteiger partial charge in [0, 0.05) is 13.1 Å². The Labute approximate surface area is 107 Å². The van der Waals surface area contributed by atoms with Crippen LogP contribution in [0.1, 0.15) is 32.1 Å². The summed E-state index contributed by atoms with van der Waals surface area (Å²) in [6, 6.07) is -0.238. The van der Waals surface area contributed by atoms with Gasteiger partial charge in [-0.3, -0.25) is 4.79 Å². The van der Waals surface area contributed by atoms with Crippen molar-refractivity contribution in [3.05, 3.63) is 0 Å². The van der Waals surface area contributed by atoms with Gasteiger partial charge in [-0.25, -0.2) is 4.79 Å². The molecule has 18 heavy (non-hydrogen) atoms. The largest absolute Gasteiger partial charge is 0.481 e. The van der Waals surface area contributed by atoms with Gasteiger partial charge in [0.25, 0.3) is 0 Å². The third-order valence-corrected chi connectivity index (χ3v) is 3.42. The van der Waals surface area contributed by atoms with Crippen LogP contribution in [-0.4, -0.2) is 36.7 Å². The van der Waals surface area contributed by atoms with Crippen LogP contribution in [-0.2, 0) is 4.79 Å². The Hall–Kier alpha value is -1.30. The number of aliphatic carboxylic acids is 1. The van der Waals surface area contributed by atoms with Gasteiger partial charge in [-0.2, -0.15) is 0 Å². The average Bonchev–Trinajstić information content (AvgIpc) is 2.37. The lowest BCUT2D eigenvalue weighted by atomic mass is 9.79. The van der Waals surface area contributed by atoms with Crippen LogP contribution in [0.4, 0.5) is 4.79 Å². The lowest BCUT2D eigenvalue weighted by molar-refractivity contribution is -0.144. The number of nitrogens with two attached hydrogens (primary N) is 1. The van der Waals surface area contributed by atoms with Crippen molar-refractivity contribution < 1.29 is 14.7 Å². The van der Waals surface area contributed by atoms with Crippen molar-refractivity contribution in [3.63, 3.8) is 0 Å². The molecule has 1 aliphatic rings. The normalized spacial score (nSPS) is 23.4. The third kappa shape index (κ3) is 4.91. The molecule has 104 valence electrons. The van der Waals surface area contributed by atoms with E-state index in [4.69, 9.17) is 10.8 Å². The second kappa shape index (κ2) is 7.92. The molecular formula is C12H23N3O3. The summed E-state index contributed by atoms with van der Waals surface area (Å²) in [7, 11) is 0. The molecule has 6 nitrogen and oxygen atoms in total. The van der Waals surface area contributed by atoms with Gasteiger partial charge in [-0.1, -0.05) is 12.8 Å². The first-order valence-electron chi connectivity index (χ1n) is 6.59. The second-order valence-corrected chi connectivity index (χ2v) is 4.77. The summed E-state index contributed by atoms with van der Waals surface area (Å²) in [5, 5.41) is 14.5. The highest BCUT2D eigenvalue weighted by Gasteiger charge is 2.30. The fourth-order valence-electron chi connectivity index (χ4n) is 2.37. The highest BCUT2D eigenvalue weighted by atomic mass is 16.4. The Bertz CT molecular complexity index is 284. The zero-order chi connectivity index (χ0) is 13.4. The van der Waals surface area contributed by atoms with Crippen LogP contribution < -0.4 is 16.4 Å². The zero-order valence-corrected chi connectivity index (χ0v) is 10.7. The molecule has 0 heterocycles. The molecule has 2 atom stereocenters. The summed E-state index contributed by atoms with van der Waals surface area (Å²) in [5.41, 5.74) is 5.32. The number of hydrogen-bond acceptors (Lipinski definition) is 3. The highest BCUT2D eigenvalue weighted by Crippen LogP contribution is 2.29. The maximum atomic E-state index is 11.4. The van der Waals surface area contributed by atoms with E-state index < -0.39 is 5.97 Å². The molecule has 0 bridgehead atoms. The van der Waals surface area contributed by atoms with Crippen LogP contribution in [0.15, 0.2) is 0 Å². The number of rotatable bonds is 6. The molecule has 0 radical (unpaired) electrons. The number of urea groups is 1. The van der Waals surface area contributed by atoms with E-state index in [1.807, 2.05) is 0 Å². The smallest absolute Gasteiger partial charge is 0.314 e. The van der Waals surface area contributed by atoms with Crippen LogP contribution in [0.25, 0.3) is 0 Å². The SMILES string of the molecule is NCCCNC(=O)NCC1CCCCC1C(=O)O. The number of hydrogen-bond donors (Lipinski definition) is 4. The van der Waals surface area contributed by atoms with E-state index >= 15 is 0 Å². The molecule has 0 aromatic rings. The van der Waals surface area contributed by atoms with Crippen molar-refractivity contribution in [2.24, 2.45) is 17.6 Å². The summed E-state index contributed by atoms with van der Waals surface area (Å²) in [4.78, 5) is 22.5. The molecule has 1 aliphatic carbocycles. The lowest BCUT2D eigenvalue weighted by Gasteiger charge is -2.28. The number of nitrogens with one attached hydrogen (secondary N) is 2. The van der Waals surface area contributed by atoms with E-state index in [1.54, 1.807) is 0 Å². The Morgan fingerprint density at radius 2 is 1.94 bits per heavy atom. The van der Waals surface area contributed by atoms with Gasteiger partial charge in [0.2, 0.25) is 0 Å². The standard InChI is InChI=1S/C12H23N3O3/c13-6-3-7-14-12(18)15-8-9-4-1-2-5-10(9)11(16)17/h9-10H,1-8,13H2,(H,16,17)(H2,14,15,18). The van der Waals surface area contributed by atoms with E-state index in [0.717, 1.165) is 32.1 Å². The summed E-state index contributed by atoms with van der Waals surface area (Å²) >= 11 is 0. The fraction of sp³-hybridized carbons (Fsp3) is 0.833. The molecule has 1 rings (SSSR count). The average molecular weight is 257 g/mol. The quantitative estimate of drug-likeness (QED) is 0.521. The van der Waals surface area contributed by atoms with Crippen LogP contribution in [0.2, 0.25) is 0 Å². The van der Waals surface area contributed by atoms with Crippen LogP contribution in [0.3, 0.4) is 0 Å². The zero-order valence-electron chi connectivity index (χ0n) is 10.7. The van der Waals surface area contributed by atoms with Crippen molar-refractivity contribution in [2.45, 2.75) is 32.1 Å². The van der Waals surface area contributed by atoms with Crippen molar-refractivity contribution in [1.82, 2.24) is 10.6 Å². The molecule has 6 heteroatoms. The highest BCUT2D eigenvalue weighted by molar-refractivity contribution is 5.74. The fourth-order valence-corrected chi connectivity index (χ4v) is 2.37. The minimum absolute atomic E-state index is 0.0523. The molecule has 0 saturated heterocycles. The first-order valence-corrected chi connectivity index (χ1v) is 6.59. The first kappa shape index (κ1) is 14.8. The number of carbonyl (C=O) groups excluding carboxylic acids is 1. The van der Waals surface area contributed by atoms with E-state index in [2.05, 4.69) is 10.6 Å². The number of amides is 2. The van der Waals surface area contributed by atoms with Gasteiger partial charge in [-0.05, 0) is 31.7 Å². The summed E-state index contributed by atoms with van der Waals surface area (Å²) in [6.45, 7) is 1.53. The van der Waals surface area contributed by atoms with Gasteiger partial charge in [0.05, 0.1) is 5.92 Å². The molecule has 2 unspecified atom stereocenters. The van der Waals surface area contributed by atoms with E-state index in [1.165, 1.54) is 0 Å². The maximum absolute atomic E-state index is 11.4. The Morgan fingerprint density at radius 3 is 2.61 bits per heavy atom. The molecule has 1 saturated carbocycles. The number of carbonyl (C=O) groups is 2. The molecule has 0 aromatic carbocycles. The first-order chi connectivity index (χ1) is 8.65. The predicted molar refractivity (Wildman–Crippen MR) is 68.2 cm³/mol. The van der Waals surface area contributed by atoms with Gasteiger partial charge < -0.3 is 21.5 Å². The Morgan fingerprint density at radius 1 is 1.22 bits per heavy atom. The summed E-state index contributed by atoms with van der Waals surface area (Å²) < 4.78 is 0. The molecule has 0 spiro atoms.